The second-order valence-electron chi connectivity index (χ2n) is 10.3. The van der Waals surface area contributed by atoms with E-state index in [0.717, 1.165) is 0 Å². The third-order valence-electron chi connectivity index (χ3n) is 8.05. The van der Waals surface area contributed by atoms with Crippen LogP contribution in [0, 0.1) is 11.8 Å². The molecule has 3 heteroatoms. The van der Waals surface area contributed by atoms with E-state index in [9.17, 15) is 0 Å². The van der Waals surface area contributed by atoms with Crippen molar-refractivity contribution in [3.63, 3.8) is 0 Å². The molecule has 0 N–H and O–H groups in total. The Labute approximate surface area is 247 Å². The van der Waals surface area contributed by atoms with E-state index in [1.165, 1.54) is 44.6 Å². The van der Waals surface area contributed by atoms with Gasteiger partial charge in [0.05, 0.1) is 0 Å². The van der Waals surface area contributed by atoms with Crippen LogP contribution in [0.15, 0.2) is 144 Å². The second kappa shape index (κ2) is 12.3. The molecule has 0 saturated carbocycles. The van der Waals surface area contributed by atoms with Crippen LogP contribution in [0.3, 0.4) is 0 Å². The van der Waals surface area contributed by atoms with E-state index in [0.29, 0.717) is 19.1 Å². The molecule has 0 amide bonds. The molecule has 0 fully saturated rings. The molecule has 0 heterocycles. The molecule has 0 radical (unpaired) electrons. The molecule has 0 saturated heterocycles. The van der Waals surface area contributed by atoms with Crippen LogP contribution in [0.25, 0.3) is 11.1 Å². The van der Waals surface area contributed by atoms with E-state index in [1.54, 1.807) is 0 Å². The minimum absolute atomic E-state index is 0. The van der Waals surface area contributed by atoms with Gasteiger partial charge in [-0.1, -0.05) is 0 Å². The van der Waals surface area contributed by atoms with Crippen molar-refractivity contribution in [2.24, 2.45) is 11.8 Å². The summed E-state index contributed by atoms with van der Waals surface area (Å²) < 4.78 is 6.26. The van der Waals surface area contributed by atoms with Gasteiger partial charge >= 0.3 is 224 Å². The number of allylic oxidation sites excluding steroid dienone is 16. The molecular weight excluding hydrogens is 583 g/mol. The van der Waals surface area contributed by atoms with Crippen molar-refractivity contribution in [2.75, 3.05) is 0 Å². The average Bonchev–Trinajstić information content (AvgIpc) is 3.21. The van der Waals surface area contributed by atoms with Gasteiger partial charge in [0, 0.05) is 0 Å². The fourth-order valence-electron chi connectivity index (χ4n) is 6.50. The summed E-state index contributed by atoms with van der Waals surface area (Å²) in [5.41, 5.74) is 11.2. The van der Waals surface area contributed by atoms with Gasteiger partial charge in [0.15, 0.2) is 0 Å². The SMILES string of the molecule is Cl.Cl.[CH2]=[Zr]([CH]1C2=CC=CC=C(c3ccccc3)C2=CC1C)[CH]1C2=CC=CC=C(c3ccccc3)C2=CC1C. The van der Waals surface area contributed by atoms with Gasteiger partial charge in [0.2, 0.25) is 0 Å². The maximum absolute atomic E-state index is 5.10. The molecule has 4 aliphatic rings. The molecule has 6 rings (SSSR count). The summed E-state index contributed by atoms with van der Waals surface area (Å²) in [4.78, 5) is 0. The first-order valence-electron chi connectivity index (χ1n) is 13.0. The number of benzene rings is 2. The summed E-state index contributed by atoms with van der Waals surface area (Å²) in [5, 5.41) is 0. The topological polar surface area (TPSA) is 0 Å². The molecule has 4 atom stereocenters. The monoisotopic (exact) mass is 614 g/mol. The average molecular weight is 617 g/mol. The molecule has 0 spiro atoms. The fourth-order valence-corrected chi connectivity index (χ4v) is 14.4. The first kappa shape index (κ1) is 28.7. The molecule has 0 bridgehead atoms. The summed E-state index contributed by atoms with van der Waals surface area (Å²) in [6.45, 7) is 4.85. The fraction of sp³-hybridized carbons (Fsp3) is 0.171. The van der Waals surface area contributed by atoms with Crippen molar-refractivity contribution in [3.8, 4) is 0 Å². The Bertz CT molecular complexity index is 1350. The van der Waals surface area contributed by atoms with Crippen molar-refractivity contribution < 1.29 is 21.3 Å². The van der Waals surface area contributed by atoms with Crippen LogP contribution in [0.5, 0.6) is 0 Å². The van der Waals surface area contributed by atoms with Crippen LogP contribution in [0.1, 0.15) is 25.0 Å². The standard InChI is InChI=1S/2C17H15.CH2.2ClH.Zr/c2*1-13-11-15-9-5-6-10-16(17(15)12-13)14-7-3-2-4-8-14;;;;/h2*2-13H,1H3;1H2;2*1H;. The summed E-state index contributed by atoms with van der Waals surface area (Å²) >= 11 is -2.24. The zero-order chi connectivity index (χ0) is 24.6. The van der Waals surface area contributed by atoms with Gasteiger partial charge in [-0.05, 0) is 0 Å². The Morgan fingerprint density at radius 2 is 0.895 bits per heavy atom. The quantitative estimate of drug-likeness (QED) is 0.321. The van der Waals surface area contributed by atoms with E-state index in [1.807, 2.05) is 0 Å². The predicted octanol–water partition coefficient (Wildman–Crippen LogP) is 9.77. The van der Waals surface area contributed by atoms with Gasteiger partial charge in [-0.2, -0.15) is 0 Å². The number of halogens is 2. The third kappa shape index (κ3) is 5.14. The Kier molecular flexibility index (Phi) is 9.25. The zero-order valence-corrected chi connectivity index (χ0v) is 26.0. The second-order valence-corrected chi connectivity index (χ2v) is 16.2. The number of fused-ring (bicyclic) bond motifs is 2. The van der Waals surface area contributed by atoms with E-state index in [4.69, 9.17) is 4.21 Å². The molecular formula is C35H34Cl2Zr. The van der Waals surface area contributed by atoms with Gasteiger partial charge in [0.25, 0.3) is 0 Å². The predicted molar refractivity (Wildman–Crippen MR) is 167 cm³/mol. The van der Waals surface area contributed by atoms with E-state index >= 15 is 0 Å². The summed E-state index contributed by atoms with van der Waals surface area (Å²) in [6.07, 6.45) is 23.3. The first-order valence-corrected chi connectivity index (χ1v) is 17.6. The number of hydrogen-bond donors (Lipinski definition) is 0. The van der Waals surface area contributed by atoms with Crippen molar-refractivity contribution in [3.05, 3.63) is 155 Å². The number of hydrogen-bond acceptors (Lipinski definition) is 0. The molecule has 192 valence electrons. The molecule has 2 aromatic rings. The van der Waals surface area contributed by atoms with Crippen molar-refractivity contribution >= 4 is 40.2 Å². The van der Waals surface area contributed by atoms with E-state index in [2.05, 4.69) is 135 Å². The minimum atomic E-state index is -2.24. The maximum atomic E-state index is 5.10. The van der Waals surface area contributed by atoms with Crippen molar-refractivity contribution in [1.29, 1.82) is 0 Å². The van der Waals surface area contributed by atoms with Gasteiger partial charge in [-0.3, -0.25) is 0 Å². The summed E-state index contributed by atoms with van der Waals surface area (Å²) in [5.74, 6) is 1.05. The Morgan fingerprint density at radius 3 is 1.29 bits per heavy atom. The van der Waals surface area contributed by atoms with E-state index < -0.39 is 21.3 Å². The van der Waals surface area contributed by atoms with Crippen LogP contribution < -0.4 is 0 Å². The molecule has 38 heavy (non-hydrogen) atoms. The van der Waals surface area contributed by atoms with Crippen LogP contribution in [-0.2, 0) is 21.3 Å². The third-order valence-corrected chi connectivity index (χ3v) is 16.1. The van der Waals surface area contributed by atoms with Gasteiger partial charge in [0.1, 0.15) is 0 Å². The zero-order valence-electron chi connectivity index (χ0n) is 21.9. The van der Waals surface area contributed by atoms with Crippen molar-refractivity contribution in [2.45, 2.75) is 21.1 Å². The van der Waals surface area contributed by atoms with E-state index in [-0.39, 0.29) is 24.8 Å². The van der Waals surface area contributed by atoms with Gasteiger partial charge < -0.3 is 0 Å². The first-order chi connectivity index (χ1) is 17.6. The Balaban J connectivity index is 0.00000168. The summed E-state index contributed by atoms with van der Waals surface area (Å²) in [7, 11) is 0. The van der Waals surface area contributed by atoms with Crippen LogP contribution in [0.4, 0.5) is 0 Å². The van der Waals surface area contributed by atoms with Gasteiger partial charge in [-0.15, -0.1) is 24.8 Å². The van der Waals surface area contributed by atoms with Crippen molar-refractivity contribution in [1.82, 2.24) is 0 Å². The Morgan fingerprint density at radius 1 is 0.526 bits per heavy atom. The van der Waals surface area contributed by atoms with Crippen LogP contribution >= 0.6 is 24.8 Å². The van der Waals surface area contributed by atoms with Crippen LogP contribution in [0.2, 0.25) is 7.25 Å². The molecule has 0 nitrogen and oxygen atoms in total. The molecule has 4 unspecified atom stereocenters. The molecule has 0 aliphatic heterocycles. The molecule has 4 aliphatic carbocycles. The molecule has 0 aromatic heterocycles. The molecule has 2 aromatic carbocycles. The van der Waals surface area contributed by atoms with Gasteiger partial charge in [-0.25, -0.2) is 0 Å². The number of rotatable bonds is 4. The summed E-state index contributed by atoms with van der Waals surface area (Å²) in [6, 6.07) is 21.7. The van der Waals surface area contributed by atoms with Crippen LogP contribution in [-0.4, -0.2) is 4.21 Å². The normalized spacial score (nSPS) is 25.0. The Hall–Kier alpha value is -2.31.